The molecule has 0 aliphatic heterocycles. The monoisotopic (exact) mass is 310 g/mol. The second kappa shape index (κ2) is 10.3. The first-order valence-electron chi connectivity index (χ1n) is 0.775. The van der Waals surface area contributed by atoms with Crippen LogP contribution in [0.15, 0.2) is 0 Å². The molecule has 0 spiro atoms. The van der Waals surface area contributed by atoms with Crippen LogP contribution in [0.1, 0.15) is 0 Å². The zero-order valence-electron chi connectivity index (χ0n) is 2.83. The van der Waals surface area contributed by atoms with Crippen LogP contribution in [0.5, 0.6) is 0 Å². The molecule has 0 amide bonds. The summed E-state index contributed by atoms with van der Waals surface area (Å²) in [4.78, 5) is 0. The van der Waals surface area contributed by atoms with E-state index in [4.69, 9.17) is 15.1 Å². The molecular weight excluding hydrogens is 307 g/mol. The van der Waals surface area contributed by atoms with Gasteiger partial charge in [0.25, 0.3) is 0 Å². The first-order chi connectivity index (χ1) is 1.73. The summed E-state index contributed by atoms with van der Waals surface area (Å²) in [5.41, 5.74) is 0. The molecule has 6 heteroatoms. The fourth-order valence-electron chi connectivity index (χ4n) is 0. The maximum atomic E-state index is 7.17. The molecule has 0 atom stereocenters. The van der Waals surface area contributed by atoms with Gasteiger partial charge in [0.1, 0.15) is 0 Å². The summed E-state index contributed by atoms with van der Waals surface area (Å²) in [6.07, 6.45) is 0. The molecule has 6 heavy (non-hydrogen) atoms. The zero-order valence-corrected chi connectivity index (χ0v) is 7.81. The topological polar surface area (TPSA) is 60.7 Å². The van der Waals surface area contributed by atoms with Crippen LogP contribution in [0.3, 0.4) is 0 Å². The Labute approximate surface area is 92.0 Å². The van der Waals surface area contributed by atoms with Crippen molar-refractivity contribution in [1.82, 2.24) is 0 Å². The van der Waals surface area contributed by atoms with Crippen molar-refractivity contribution < 1.29 is 86.4 Å². The molecule has 0 aromatic heterocycles. The van der Waals surface area contributed by atoms with E-state index in [2.05, 4.69) is 0 Å². The van der Waals surface area contributed by atoms with Crippen molar-refractivity contribution in [2.75, 3.05) is 0 Å². The van der Waals surface area contributed by atoms with Crippen LogP contribution < -0.4 is 0 Å². The normalized spacial score (nSPS) is 4.50. The van der Waals surface area contributed by atoms with Crippen LogP contribution in [-0.2, 0) is 32.7 Å². The van der Waals surface area contributed by atoms with E-state index in [-0.39, 0.29) is 71.3 Å². The number of rotatable bonds is 0. The second-order valence-corrected chi connectivity index (χ2v) is 0.346. The van der Waals surface area contributed by atoms with Gasteiger partial charge in [-0.2, -0.15) is 0 Å². The van der Waals surface area contributed by atoms with Crippen LogP contribution >= 0.6 is 0 Å². The van der Waals surface area contributed by atoms with Gasteiger partial charge in [-0.05, 0) is 0 Å². The molecule has 36 valence electrons. The number of hydrogen-bond acceptors (Lipinski definition) is 3. The Morgan fingerprint density at radius 1 is 1.00 bits per heavy atom. The van der Waals surface area contributed by atoms with Gasteiger partial charge in [-0.15, -0.1) is 0 Å². The molecule has 3 N–H and O–H groups in total. The van der Waals surface area contributed by atoms with Crippen molar-refractivity contribution in [1.29, 1.82) is 0 Å². The summed E-state index contributed by atoms with van der Waals surface area (Å²) < 4.78 is 0. The predicted molar refractivity (Wildman–Crippen MR) is 12.4 cm³/mol. The van der Waals surface area contributed by atoms with Gasteiger partial charge in [-0.3, -0.25) is 0 Å². The average molecular weight is 310 g/mol. The fraction of sp³-hybridized carbons (Fsp3) is 0. The summed E-state index contributed by atoms with van der Waals surface area (Å²) in [5.74, 6) is 0. The molecule has 3 nitrogen and oxygen atoms in total. The van der Waals surface area contributed by atoms with Gasteiger partial charge < -0.3 is 15.1 Å². The van der Waals surface area contributed by atoms with Gasteiger partial charge in [-0.25, -0.2) is 0 Å². The molecule has 0 unspecified atom stereocenters. The minimum atomic E-state index is -2.17. The molecule has 0 aromatic carbocycles. The van der Waals surface area contributed by atoms with Crippen molar-refractivity contribution >= 4 is 7.32 Å². The Morgan fingerprint density at radius 2 is 1.00 bits per heavy atom. The fourth-order valence-corrected chi connectivity index (χ4v) is 0. The third kappa shape index (κ3) is 33.1. The summed E-state index contributed by atoms with van der Waals surface area (Å²) in [5, 5.41) is 21.5. The van der Waals surface area contributed by atoms with Crippen molar-refractivity contribution in [2.45, 2.75) is 0 Å². The predicted octanol–water partition coefficient (Wildman–Crippen LogP) is -2.05. The standard InChI is InChI=1S/BH3O3.Tb.Y/c2-1(3)4;;/h2-4H;;. The van der Waals surface area contributed by atoms with Crippen LogP contribution in [0.2, 0.25) is 0 Å². The second-order valence-electron chi connectivity index (χ2n) is 0.346. The molecule has 0 aromatic rings. The third-order valence-corrected chi connectivity index (χ3v) is 0. The number of hydrogen-bond donors (Lipinski definition) is 3. The zero-order chi connectivity index (χ0) is 3.58. The first kappa shape index (κ1) is 15.8. The van der Waals surface area contributed by atoms with E-state index in [0.29, 0.717) is 0 Å². The largest absolute Gasteiger partial charge is 0.631 e. The SMILES string of the molecule is OB(O)O.[Tb].[Y]. The van der Waals surface area contributed by atoms with E-state index >= 15 is 0 Å². The van der Waals surface area contributed by atoms with Gasteiger partial charge in [0.2, 0.25) is 0 Å². The summed E-state index contributed by atoms with van der Waals surface area (Å²) in [6, 6.07) is 0. The Balaban J connectivity index is -0.0000000450. The third-order valence-electron chi connectivity index (χ3n) is 0. The summed E-state index contributed by atoms with van der Waals surface area (Å²) in [6.45, 7) is 0. The van der Waals surface area contributed by atoms with E-state index in [1.807, 2.05) is 0 Å². The molecule has 0 rings (SSSR count). The van der Waals surface area contributed by atoms with Crippen molar-refractivity contribution in [3.8, 4) is 0 Å². The molecule has 2 radical (unpaired) electrons. The van der Waals surface area contributed by atoms with Gasteiger partial charge in [0, 0.05) is 71.3 Å². The van der Waals surface area contributed by atoms with Crippen LogP contribution in [0.4, 0.5) is 0 Å². The van der Waals surface area contributed by atoms with Crippen molar-refractivity contribution in [2.24, 2.45) is 0 Å². The molecule has 0 aliphatic carbocycles. The minimum Gasteiger partial charge on any atom is -0.402 e. The quantitative estimate of drug-likeness (QED) is 0.451. The van der Waals surface area contributed by atoms with Gasteiger partial charge >= 0.3 is 7.32 Å². The van der Waals surface area contributed by atoms with E-state index < -0.39 is 7.32 Å². The average Bonchev–Trinajstić information content (AvgIpc) is 0.811. The summed E-state index contributed by atoms with van der Waals surface area (Å²) >= 11 is 0. The molecule has 0 aliphatic rings. The summed E-state index contributed by atoms with van der Waals surface area (Å²) in [7, 11) is -2.17. The molecule has 0 bridgehead atoms. The van der Waals surface area contributed by atoms with Crippen LogP contribution in [0.25, 0.3) is 0 Å². The van der Waals surface area contributed by atoms with E-state index in [9.17, 15) is 0 Å². The molecule has 0 saturated heterocycles. The molecule has 0 heterocycles. The maximum absolute atomic E-state index is 7.17. The Hall–Kier alpha value is 2.33. The van der Waals surface area contributed by atoms with Crippen LogP contribution in [-0.4, -0.2) is 22.4 Å². The Morgan fingerprint density at radius 3 is 1.00 bits per heavy atom. The molecular formula is H3BO3TbY. The van der Waals surface area contributed by atoms with Crippen molar-refractivity contribution in [3.05, 3.63) is 0 Å². The van der Waals surface area contributed by atoms with E-state index in [1.54, 1.807) is 0 Å². The smallest absolute Gasteiger partial charge is 0.402 e. The Bertz CT molecular complexity index is 15.5. The maximum Gasteiger partial charge on any atom is 0.631 e. The van der Waals surface area contributed by atoms with E-state index in [0.717, 1.165) is 0 Å². The minimum absolute atomic E-state index is 0. The van der Waals surface area contributed by atoms with Gasteiger partial charge in [0.15, 0.2) is 0 Å². The van der Waals surface area contributed by atoms with Gasteiger partial charge in [-0.1, -0.05) is 0 Å². The van der Waals surface area contributed by atoms with Crippen LogP contribution in [0, 0.1) is 38.6 Å². The molecule has 0 fully saturated rings. The molecule has 0 saturated carbocycles. The van der Waals surface area contributed by atoms with Crippen molar-refractivity contribution in [3.63, 3.8) is 0 Å². The van der Waals surface area contributed by atoms with E-state index in [1.165, 1.54) is 0 Å². The Kier molecular flexibility index (Phi) is 27.2. The first-order valence-corrected chi connectivity index (χ1v) is 0.775. The van der Waals surface area contributed by atoms with Gasteiger partial charge in [0.05, 0.1) is 0 Å².